The SMILES string of the molecule is C=CS(=O)(=O)c1ccc(S(=O)(=O)c2ccc(CC)s2)cc1.NCc1ccc(S(=O)(=O)c2ccc(S(=O)(=O)CCN3CCCC3)cc2)s1. The van der Waals surface area contributed by atoms with E-state index in [0.29, 0.717) is 6.54 Å². The van der Waals surface area contributed by atoms with Crippen LogP contribution >= 0.6 is 22.7 Å². The van der Waals surface area contributed by atoms with Gasteiger partial charge in [0.2, 0.25) is 19.7 Å². The second-order valence-corrected chi connectivity index (χ2v) is 21.2. The number of likely N-dealkylation sites (tertiary alicyclic amines) is 1. The number of hydrogen-bond donors (Lipinski definition) is 1. The van der Waals surface area contributed by atoms with Crippen LogP contribution in [0, 0.1) is 0 Å². The average molecular weight is 757 g/mol. The summed E-state index contributed by atoms with van der Waals surface area (Å²) < 4.78 is 98.8. The van der Waals surface area contributed by atoms with Gasteiger partial charge in [-0.25, -0.2) is 33.7 Å². The second-order valence-electron chi connectivity index (χ2n) is 10.5. The van der Waals surface area contributed by atoms with Crippen molar-refractivity contribution in [1.82, 2.24) is 4.90 Å². The number of nitrogens with zero attached hydrogens (tertiary/aromatic N) is 1. The molecule has 1 saturated heterocycles. The van der Waals surface area contributed by atoms with Crippen LogP contribution in [-0.2, 0) is 52.3 Å². The van der Waals surface area contributed by atoms with Crippen molar-refractivity contribution in [3.63, 3.8) is 0 Å². The van der Waals surface area contributed by atoms with Gasteiger partial charge in [-0.05, 0) is 105 Å². The summed E-state index contributed by atoms with van der Waals surface area (Å²) in [5.74, 6) is 0.0455. The molecule has 5 rings (SSSR count). The minimum Gasteiger partial charge on any atom is -0.326 e. The molecule has 2 N–H and O–H groups in total. The molecule has 0 unspecified atom stereocenters. The van der Waals surface area contributed by atoms with Crippen LogP contribution in [0.15, 0.2) is 113 Å². The van der Waals surface area contributed by atoms with Crippen molar-refractivity contribution in [1.29, 1.82) is 0 Å². The Morgan fingerprint density at radius 3 is 1.55 bits per heavy atom. The number of aryl methyl sites for hydroxylation is 1. The lowest BCUT2D eigenvalue weighted by Gasteiger charge is -2.14. The van der Waals surface area contributed by atoms with Gasteiger partial charge in [-0.3, -0.25) is 0 Å². The van der Waals surface area contributed by atoms with E-state index in [2.05, 4.69) is 11.5 Å². The zero-order valence-corrected chi connectivity index (χ0v) is 30.5. The van der Waals surface area contributed by atoms with E-state index in [4.69, 9.17) is 5.73 Å². The van der Waals surface area contributed by atoms with Crippen LogP contribution < -0.4 is 5.73 Å². The zero-order valence-electron chi connectivity index (χ0n) is 25.6. The zero-order chi connectivity index (χ0) is 34.5. The topological polar surface area (TPSA) is 166 Å². The lowest BCUT2D eigenvalue weighted by atomic mass is 10.4. The highest BCUT2D eigenvalue weighted by Crippen LogP contribution is 2.30. The van der Waals surface area contributed by atoms with Crippen molar-refractivity contribution in [2.75, 3.05) is 25.4 Å². The van der Waals surface area contributed by atoms with Crippen molar-refractivity contribution < 1.29 is 33.7 Å². The van der Waals surface area contributed by atoms with Crippen LogP contribution in [0.3, 0.4) is 0 Å². The summed E-state index contributed by atoms with van der Waals surface area (Å²) in [7, 11) is -14.2. The number of nitrogens with two attached hydrogens (primary N) is 1. The molecule has 0 aliphatic carbocycles. The molecule has 0 bridgehead atoms. The lowest BCUT2D eigenvalue weighted by Crippen LogP contribution is -2.26. The largest absolute Gasteiger partial charge is 0.326 e. The Balaban J connectivity index is 0.000000218. The predicted molar refractivity (Wildman–Crippen MR) is 185 cm³/mol. The molecule has 2 aromatic carbocycles. The Kier molecular flexibility index (Phi) is 12.0. The molecule has 0 atom stereocenters. The van der Waals surface area contributed by atoms with E-state index >= 15 is 0 Å². The van der Waals surface area contributed by atoms with E-state index < -0.39 is 39.3 Å². The molecular weight excluding hydrogens is 721 g/mol. The fraction of sp³-hybridized carbons (Fsp3) is 0.290. The molecule has 0 radical (unpaired) electrons. The summed E-state index contributed by atoms with van der Waals surface area (Å²) in [6.07, 6.45) is 3.00. The van der Waals surface area contributed by atoms with Crippen molar-refractivity contribution in [3.05, 3.63) is 94.5 Å². The maximum Gasteiger partial charge on any atom is 0.215 e. The van der Waals surface area contributed by atoms with Gasteiger partial charge >= 0.3 is 0 Å². The first-order chi connectivity index (χ1) is 22.1. The Morgan fingerprint density at radius 2 is 1.13 bits per heavy atom. The summed E-state index contributed by atoms with van der Waals surface area (Å²) in [5.41, 5.74) is 5.53. The highest BCUT2D eigenvalue weighted by Gasteiger charge is 2.23. The molecule has 0 spiro atoms. The minimum atomic E-state index is -3.66. The van der Waals surface area contributed by atoms with Gasteiger partial charge in [0.25, 0.3) is 0 Å². The van der Waals surface area contributed by atoms with E-state index in [1.807, 2.05) is 6.92 Å². The lowest BCUT2D eigenvalue weighted by molar-refractivity contribution is 0.359. The summed E-state index contributed by atoms with van der Waals surface area (Å²) in [6.45, 7) is 7.88. The Hall–Kier alpha value is -2.70. The van der Waals surface area contributed by atoms with Crippen molar-refractivity contribution in [3.8, 4) is 0 Å². The van der Waals surface area contributed by atoms with Gasteiger partial charge in [-0.2, -0.15) is 0 Å². The first kappa shape index (κ1) is 37.1. The van der Waals surface area contributed by atoms with E-state index in [1.165, 1.54) is 65.9 Å². The number of hydrogen-bond acceptors (Lipinski definition) is 12. The summed E-state index contributed by atoms with van der Waals surface area (Å²) >= 11 is 2.36. The van der Waals surface area contributed by atoms with Crippen LogP contribution in [0.1, 0.15) is 29.5 Å². The minimum absolute atomic E-state index is 0.0249. The average Bonchev–Trinajstić information content (AvgIpc) is 3.87. The molecule has 3 heterocycles. The smallest absolute Gasteiger partial charge is 0.215 e. The molecule has 0 amide bonds. The number of sulfone groups is 4. The summed E-state index contributed by atoms with van der Waals surface area (Å²) in [5, 5.41) is 0.837. The van der Waals surface area contributed by atoms with Gasteiger partial charge in [0.1, 0.15) is 8.42 Å². The van der Waals surface area contributed by atoms with E-state index in [-0.39, 0.29) is 40.3 Å². The molecule has 1 fully saturated rings. The molecule has 4 aromatic rings. The van der Waals surface area contributed by atoms with Crippen molar-refractivity contribution >= 4 is 62.0 Å². The van der Waals surface area contributed by atoms with Crippen LogP contribution in [-0.4, -0.2) is 64.0 Å². The van der Waals surface area contributed by atoms with E-state index in [9.17, 15) is 33.7 Å². The molecular formula is C31H36N2O8S6. The normalized spacial score (nSPS) is 14.4. The van der Waals surface area contributed by atoms with Gasteiger partial charge in [-0.15, -0.1) is 22.7 Å². The van der Waals surface area contributed by atoms with Crippen LogP contribution in [0.2, 0.25) is 0 Å². The van der Waals surface area contributed by atoms with E-state index in [1.54, 1.807) is 18.2 Å². The molecule has 47 heavy (non-hydrogen) atoms. The van der Waals surface area contributed by atoms with Gasteiger partial charge in [0.05, 0.1) is 25.3 Å². The van der Waals surface area contributed by atoms with Gasteiger partial charge in [0.15, 0.2) is 19.7 Å². The van der Waals surface area contributed by atoms with Crippen LogP contribution in [0.4, 0.5) is 0 Å². The van der Waals surface area contributed by atoms with Crippen molar-refractivity contribution in [2.24, 2.45) is 5.73 Å². The molecule has 1 aliphatic rings. The highest BCUT2D eigenvalue weighted by atomic mass is 32.2. The predicted octanol–water partition coefficient (Wildman–Crippen LogP) is 4.97. The molecule has 16 heteroatoms. The number of rotatable bonds is 12. The summed E-state index contributed by atoms with van der Waals surface area (Å²) in [4.78, 5) is 4.25. The van der Waals surface area contributed by atoms with E-state index in [0.717, 1.165) is 58.9 Å². The van der Waals surface area contributed by atoms with Crippen LogP contribution in [0.5, 0.6) is 0 Å². The third kappa shape index (κ3) is 8.86. The summed E-state index contributed by atoms with van der Waals surface area (Å²) in [6, 6.07) is 17.2. The monoisotopic (exact) mass is 756 g/mol. The number of benzene rings is 2. The third-order valence-corrected chi connectivity index (χ3v) is 17.3. The molecule has 254 valence electrons. The molecule has 1 aliphatic heterocycles. The third-order valence-electron chi connectivity index (χ3n) is 7.40. The highest BCUT2D eigenvalue weighted by molar-refractivity contribution is 7.94. The standard InChI is InChI=1S/C17H22N2O4S3.C14H14O4S3/c18-13-14-3-8-17(24-14)26(22,23)16-6-4-15(5-7-16)25(20,21)12-11-19-9-1-2-10-19;1-3-11-5-10-14(19-11)21(17,18)13-8-6-12(7-9-13)20(15,16)4-2/h3-8H,1-2,9-13,18H2;4-10H,2-3H2,1H3. The molecule has 10 nitrogen and oxygen atoms in total. The molecule has 0 saturated carbocycles. The fourth-order valence-electron chi connectivity index (χ4n) is 4.64. The van der Waals surface area contributed by atoms with Gasteiger partial charge in [0, 0.05) is 28.3 Å². The van der Waals surface area contributed by atoms with Gasteiger partial charge in [-0.1, -0.05) is 13.5 Å². The van der Waals surface area contributed by atoms with Crippen LogP contribution in [0.25, 0.3) is 0 Å². The Morgan fingerprint density at radius 1 is 0.681 bits per heavy atom. The fourth-order valence-corrected chi connectivity index (χ4v) is 12.0. The molecule has 2 aromatic heterocycles. The maximum absolute atomic E-state index is 12.6. The first-order valence-electron chi connectivity index (χ1n) is 14.5. The second kappa shape index (κ2) is 15.2. The Bertz CT molecular complexity index is 2130. The van der Waals surface area contributed by atoms with Crippen molar-refractivity contribution in [2.45, 2.75) is 60.7 Å². The van der Waals surface area contributed by atoms with Gasteiger partial charge < -0.3 is 10.6 Å². The quantitative estimate of drug-likeness (QED) is 0.209. The number of thiophene rings is 2. The first-order valence-corrected chi connectivity index (χ1v) is 22.3. The maximum atomic E-state index is 12.6. The Labute approximate surface area is 285 Å².